The fourth-order valence-electron chi connectivity index (χ4n) is 3.04. The molecule has 0 saturated heterocycles. The van der Waals surface area contributed by atoms with Gasteiger partial charge < -0.3 is 15.1 Å². The van der Waals surface area contributed by atoms with E-state index in [0.29, 0.717) is 12.1 Å². The van der Waals surface area contributed by atoms with Crippen LogP contribution in [-0.2, 0) is 0 Å². The molecule has 2 fully saturated rings. The quantitative estimate of drug-likeness (QED) is 0.603. The van der Waals surface area contributed by atoms with Crippen molar-refractivity contribution in [3.63, 3.8) is 0 Å². The van der Waals surface area contributed by atoms with E-state index in [0.717, 1.165) is 22.6 Å². The van der Waals surface area contributed by atoms with Gasteiger partial charge in [0.2, 0.25) is 0 Å². The Balaban J connectivity index is 1.31. The molecule has 0 spiro atoms. The summed E-state index contributed by atoms with van der Waals surface area (Å²) >= 11 is 0. The second-order valence-electron chi connectivity index (χ2n) is 7.16. The van der Waals surface area contributed by atoms with Gasteiger partial charge in [-0.05, 0) is 86.3 Å². The molecule has 0 amide bonds. The smallest absolute Gasteiger partial charge is 0.134 e. The van der Waals surface area contributed by atoms with E-state index in [1.54, 1.807) is 0 Å². The fraction of sp³-hybridized carbons (Fsp3) is 0.273. The van der Waals surface area contributed by atoms with E-state index in [-0.39, 0.29) is 0 Å². The Morgan fingerprint density at radius 1 is 0.560 bits per heavy atom. The molecule has 0 atom stereocenters. The van der Waals surface area contributed by atoms with Gasteiger partial charge in [0.25, 0.3) is 0 Å². The Morgan fingerprint density at radius 2 is 0.960 bits per heavy atom. The third-order valence-electron chi connectivity index (χ3n) is 4.84. The third-order valence-corrected chi connectivity index (χ3v) is 4.84. The molecule has 1 aromatic heterocycles. The van der Waals surface area contributed by atoms with Gasteiger partial charge in [0.1, 0.15) is 11.5 Å². The van der Waals surface area contributed by atoms with Crippen molar-refractivity contribution in [2.75, 3.05) is 10.6 Å². The molecule has 0 unspecified atom stereocenters. The SMILES string of the molecule is c1cc(-c2ccc(-c3ccc(NC4CC4)cc3)o2)ccc1NC1CC1. The van der Waals surface area contributed by atoms with Crippen LogP contribution in [0.1, 0.15) is 25.7 Å². The summed E-state index contributed by atoms with van der Waals surface area (Å²) in [5.41, 5.74) is 4.60. The minimum absolute atomic E-state index is 0.679. The van der Waals surface area contributed by atoms with Gasteiger partial charge in [-0.15, -0.1) is 0 Å². The van der Waals surface area contributed by atoms with Gasteiger partial charge in [0.15, 0.2) is 0 Å². The highest BCUT2D eigenvalue weighted by molar-refractivity contribution is 5.67. The molecule has 2 aliphatic carbocycles. The number of benzene rings is 2. The van der Waals surface area contributed by atoms with E-state index in [9.17, 15) is 0 Å². The highest BCUT2D eigenvalue weighted by Gasteiger charge is 2.21. The lowest BCUT2D eigenvalue weighted by atomic mass is 10.1. The van der Waals surface area contributed by atoms with Crippen molar-refractivity contribution in [1.82, 2.24) is 0 Å². The molecule has 25 heavy (non-hydrogen) atoms. The number of furan rings is 1. The maximum Gasteiger partial charge on any atom is 0.134 e. The number of hydrogen-bond donors (Lipinski definition) is 2. The Kier molecular flexibility index (Phi) is 3.51. The van der Waals surface area contributed by atoms with Gasteiger partial charge >= 0.3 is 0 Å². The van der Waals surface area contributed by atoms with Gasteiger partial charge in [-0.3, -0.25) is 0 Å². The van der Waals surface area contributed by atoms with Crippen LogP contribution in [0, 0.1) is 0 Å². The molecule has 3 aromatic rings. The maximum atomic E-state index is 6.08. The summed E-state index contributed by atoms with van der Waals surface area (Å²) in [6, 6.07) is 22.5. The molecule has 3 nitrogen and oxygen atoms in total. The van der Waals surface area contributed by atoms with Crippen molar-refractivity contribution < 1.29 is 4.42 Å². The highest BCUT2D eigenvalue weighted by atomic mass is 16.3. The van der Waals surface area contributed by atoms with Crippen molar-refractivity contribution in [2.24, 2.45) is 0 Å². The summed E-state index contributed by atoms with van der Waals surface area (Å²) in [5, 5.41) is 7.02. The minimum atomic E-state index is 0.679. The first-order chi connectivity index (χ1) is 12.3. The number of anilines is 2. The molecule has 2 saturated carbocycles. The minimum Gasteiger partial charge on any atom is -0.456 e. The van der Waals surface area contributed by atoms with Crippen LogP contribution in [0.2, 0.25) is 0 Å². The Labute approximate surface area is 148 Å². The molecule has 0 radical (unpaired) electrons. The van der Waals surface area contributed by atoms with Crippen LogP contribution in [0.25, 0.3) is 22.6 Å². The molecular weight excluding hydrogens is 308 g/mol. The second kappa shape index (κ2) is 5.99. The first-order valence-electron chi connectivity index (χ1n) is 9.17. The molecule has 0 bridgehead atoms. The van der Waals surface area contributed by atoms with Crippen LogP contribution in [0.15, 0.2) is 65.1 Å². The van der Waals surface area contributed by atoms with Crippen molar-refractivity contribution in [3.05, 3.63) is 60.7 Å². The van der Waals surface area contributed by atoms with E-state index < -0.39 is 0 Å². The molecule has 1 heterocycles. The molecule has 0 aliphatic heterocycles. The molecule has 2 aromatic carbocycles. The van der Waals surface area contributed by atoms with Crippen LogP contribution in [0.5, 0.6) is 0 Å². The van der Waals surface area contributed by atoms with Crippen LogP contribution in [0.3, 0.4) is 0 Å². The van der Waals surface area contributed by atoms with E-state index in [4.69, 9.17) is 4.42 Å². The first-order valence-corrected chi connectivity index (χ1v) is 9.17. The average molecular weight is 330 g/mol. The van der Waals surface area contributed by atoms with Crippen molar-refractivity contribution in [1.29, 1.82) is 0 Å². The topological polar surface area (TPSA) is 37.2 Å². The van der Waals surface area contributed by atoms with Crippen LogP contribution < -0.4 is 10.6 Å². The Bertz CT molecular complexity index is 784. The van der Waals surface area contributed by atoms with Crippen molar-refractivity contribution in [3.8, 4) is 22.6 Å². The monoisotopic (exact) mass is 330 g/mol. The first kappa shape index (κ1) is 14.6. The molecular formula is C22H22N2O. The third kappa shape index (κ3) is 3.41. The normalized spacial score (nSPS) is 16.6. The largest absolute Gasteiger partial charge is 0.456 e. The van der Waals surface area contributed by atoms with E-state index in [1.807, 2.05) is 0 Å². The summed E-state index contributed by atoms with van der Waals surface area (Å²) in [6.45, 7) is 0. The lowest BCUT2D eigenvalue weighted by Crippen LogP contribution is -1.99. The summed E-state index contributed by atoms with van der Waals surface area (Å²) in [6.07, 6.45) is 5.16. The zero-order valence-electron chi connectivity index (χ0n) is 14.2. The number of rotatable bonds is 6. The lowest BCUT2D eigenvalue weighted by Gasteiger charge is -2.05. The standard InChI is InChI=1S/C22H22N2O/c1-5-17(23-19-9-10-19)6-2-15(1)21-13-14-22(25-21)16-3-7-18(8-4-16)24-20-11-12-20/h1-8,13-14,19-20,23-24H,9-12H2. The van der Waals surface area contributed by atoms with Crippen LogP contribution in [-0.4, -0.2) is 12.1 Å². The second-order valence-corrected chi connectivity index (χ2v) is 7.16. The molecule has 2 aliphatic rings. The van der Waals surface area contributed by atoms with Gasteiger partial charge in [0.05, 0.1) is 0 Å². The Hall–Kier alpha value is -2.68. The molecule has 3 heteroatoms. The zero-order chi connectivity index (χ0) is 16.6. The van der Waals surface area contributed by atoms with Gasteiger partial charge in [-0.25, -0.2) is 0 Å². The average Bonchev–Trinajstić information content (AvgIpc) is 3.57. The summed E-state index contributed by atoms with van der Waals surface area (Å²) in [4.78, 5) is 0. The number of nitrogens with one attached hydrogen (secondary N) is 2. The highest BCUT2D eigenvalue weighted by Crippen LogP contribution is 2.31. The predicted molar refractivity (Wildman–Crippen MR) is 103 cm³/mol. The summed E-state index contributed by atoms with van der Waals surface area (Å²) in [7, 11) is 0. The van der Waals surface area contributed by atoms with E-state index in [2.05, 4.69) is 71.3 Å². The molecule has 126 valence electrons. The fourth-order valence-corrected chi connectivity index (χ4v) is 3.04. The maximum absolute atomic E-state index is 6.08. The lowest BCUT2D eigenvalue weighted by molar-refractivity contribution is 0.597. The number of hydrogen-bond acceptors (Lipinski definition) is 3. The summed E-state index contributed by atoms with van der Waals surface area (Å²) < 4.78 is 6.08. The van der Waals surface area contributed by atoms with Crippen molar-refractivity contribution in [2.45, 2.75) is 37.8 Å². The summed E-state index contributed by atoms with van der Waals surface area (Å²) in [5.74, 6) is 1.82. The zero-order valence-corrected chi connectivity index (χ0v) is 14.2. The van der Waals surface area contributed by atoms with Crippen molar-refractivity contribution >= 4 is 11.4 Å². The van der Waals surface area contributed by atoms with Crippen LogP contribution >= 0.6 is 0 Å². The predicted octanol–water partition coefficient (Wildman–Crippen LogP) is 5.76. The van der Waals surface area contributed by atoms with Crippen LogP contribution in [0.4, 0.5) is 11.4 Å². The Morgan fingerprint density at radius 3 is 1.32 bits per heavy atom. The van der Waals surface area contributed by atoms with Gasteiger partial charge in [0, 0.05) is 34.6 Å². The molecule has 5 rings (SSSR count). The van der Waals surface area contributed by atoms with Gasteiger partial charge in [-0.1, -0.05) is 0 Å². The van der Waals surface area contributed by atoms with E-state index >= 15 is 0 Å². The van der Waals surface area contributed by atoms with Gasteiger partial charge in [-0.2, -0.15) is 0 Å². The molecule has 2 N–H and O–H groups in total. The van der Waals surface area contributed by atoms with E-state index in [1.165, 1.54) is 37.1 Å².